The van der Waals surface area contributed by atoms with Crippen molar-refractivity contribution in [2.24, 2.45) is 5.73 Å². The Hall–Kier alpha value is -2.06. The largest absolute Gasteiger partial charge is 0.464 e. The lowest BCUT2D eigenvalue weighted by Crippen LogP contribution is -2.20. The predicted octanol–water partition coefficient (Wildman–Crippen LogP) is 4.08. The topological polar surface area (TPSA) is 80.3 Å². The normalized spacial score (nSPS) is 12.3. The summed E-state index contributed by atoms with van der Waals surface area (Å²) in [7, 11) is 0. The molecule has 5 nitrogen and oxygen atoms in total. The molecule has 1 aromatic carbocycles. The van der Waals surface area contributed by atoms with Gasteiger partial charge in [0.25, 0.3) is 5.76 Å². The number of carbonyl (C=O) groups is 1. The van der Waals surface area contributed by atoms with Crippen molar-refractivity contribution in [2.75, 3.05) is 5.32 Å². The Labute approximate surface area is 143 Å². The van der Waals surface area contributed by atoms with Gasteiger partial charge in [-0.3, -0.25) is 0 Å². The molecule has 130 valence electrons. The van der Waals surface area contributed by atoms with E-state index in [2.05, 4.69) is 10.6 Å². The zero-order valence-electron chi connectivity index (χ0n) is 13.1. The molecule has 0 fully saturated rings. The van der Waals surface area contributed by atoms with Crippen LogP contribution in [0.5, 0.6) is 0 Å². The molecule has 0 radical (unpaired) electrons. The number of amides is 2. The van der Waals surface area contributed by atoms with E-state index in [0.29, 0.717) is 35.5 Å². The van der Waals surface area contributed by atoms with Crippen LogP contribution in [0, 0.1) is 0 Å². The van der Waals surface area contributed by atoms with Crippen molar-refractivity contribution >= 4 is 23.5 Å². The first kappa shape index (κ1) is 18.3. The minimum absolute atomic E-state index is 0.0524. The van der Waals surface area contributed by atoms with Crippen LogP contribution in [0.2, 0.25) is 0 Å². The summed E-state index contributed by atoms with van der Waals surface area (Å²) in [5, 5.41) is 5.79. The molecule has 1 aromatic heterocycles. The van der Waals surface area contributed by atoms with Gasteiger partial charge in [-0.25, -0.2) is 4.79 Å². The Kier molecular flexibility index (Phi) is 6.62. The number of furan rings is 1. The van der Waals surface area contributed by atoms with Crippen LogP contribution in [0.1, 0.15) is 30.0 Å². The molecule has 4 N–H and O–H groups in total. The van der Waals surface area contributed by atoms with Crippen LogP contribution in [0.25, 0.3) is 0 Å². The second-order valence-corrected chi connectivity index (χ2v) is 6.13. The summed E-state index contributed by atoms with van der Waals surface area (Å²) >= 11 is 0.538. The van der Waals surface area contributed by atoms with Crippen LogP contribution in [-0.2, 0) is 12.3 Å². The van der Waals surface area contributed by atoms with Crippen molar-refractivity contribution in [1.82, 2.24) is 5.32 Å². The molecule has 0 saturated heterocycles. The highest BCUT2D eigenvalue weighted by Gasteiger charge is 2.09. The predicted molar refractivity (Wildman–Crippen MR) is 90.9 cm³/mol. The Morgan fingerprint density at radius 3 is 2.50 bits per heavy atom. The van der Waals surface area contributed by atoms with E-state index >= 15 is 0 Å². The smallest absolute Gasteiger partial charge is 0.316 e. The fourth-order valence-corrected chi connectivity index (χ4v) is 2.55. The van der Waals surface area contributed by atoms with Crippen molar-refractivity contribution in [3.63, 3.8) is 0 Å². The van der Waals surface area contributed by atoms with Crippen LogP contribution >= 0.6 is 11.8 Å². The van der Waals surface area contributed by atoms with Gasteiger partial charge in [-0.15, -0.1) is 0 Å². The average molecular weight is 355 g/mol. The number of carbonyl (C=O) groups excluding carboxylic acids is 1. The Morgan fingerprint density at radius 1 is 1.21 bits per heavy atom. The van der Waals surface area contributed by atoms with Crippen LogP contribution in [0.4, 0.5) is 19.3 Å². The Morgan fingerprint density at radius 2 is 1.88 bits per heavy atom. The maximum absolute atomic E-state index is 12.1. The number of hydrogen-bond donors (Lipinski definition) is 3. The molecule has 0 saturated carbocycles. The van der Waals surface area contributed by atoms with Crippen LogP contribution in [0.3, 0.4) is 0 Å². The summed E-state index contributed by atoms with van der Waals surface area (Å²) in [6, 6.07) is 10.2. The molecule has 24 heavy (non-hydrogen) atoms. The first-order chi connectivity index (χ1) is 11.4. The van der Waals surface area contributed by atoms with Gasteiger partial charge in [0.15, 0.2) is 0 Å². The molecule has 1 unspecified atom stereocenters. The van der Waals surface area contributed by atoms with E-state index in [0.717, 1.165) is 5.56 Å². The van der Waals surface area contributed by atoms with Crippen LogP contribution in [-0.4, -0.2) is 11.8 Å². The standard InChI is InChI=1S/C16H19F2N3O2S/c1-10(11-2-4-12(5-3-11)21-16(19)22)20-8-13-6-7-14(23-13)9-24-15(17)18/h2-7,10,15,20H,8-9H2,1H3,(H3,19,21,22). The van der Waals surface area contributed by atoms with Gasteiger partial charge in [-0.1, -0.05) is 23.9 Å². The molecule has 0 aliphatic carbocycles. The lowest BCUT2D eigenvalue weighted by Gasteiger charge is -2.14. The summed E-state index contributed by atoms with van der Waals surface area (Å²) < 4.78 is 29.8. The molecule has 2 amide bonds. The molecule has 1 atom stereocenters. The molecule has 2 aromatic rings. The SMILES string of the molecule is CC(NCc1ccc(CSC(F)F)o1)c1ccc(NC(N)=O)cc1. The number of thioether (sulfide) groups is 1. The second kappa shape index (κ2) is 8.70. The number of benzene rings is 1. The van der Waals surface area contributed by atoms with Gasteiger partial charge < -0.3 is 20.8 Å². The molecule has 0 aliphatic heterocycles. The molecule has 0 spiro atoms. The Balaban J connectivity index is 1.84. The van der Waals surface area contributed by atoms with Crippen molar-refractivity contribution in [1.29, 1.82) is 0 Å². The monoisotopic (exact) mass is 355 g/mol. The molecule has 8 heteroatoms. The first-order valence-corrected chi connectivity index (χ1v) is 8.36. The highest BCUT2D eigenvalue weighted by molar-refractivity contribution is 7.98. The van der Waals surface area contributed by atoms with Crippen molar-refractivity contribution < 1.29 is 18.0 Å². The van der Waals surface area contributed by atoms with E-state index in [1.165, 1.54) is 0 Å². The van der Waals surface area contributed by atoms with Crippen molar-refractivity contribution in [2.45, 2.75) is 31.0 Å². The molecule has 1 heterocycles. The number of alkyl halides is 2. The number of nitrogens with one attached hydrogen (secondary N) is 2. The number of anilines is 1. The highest BCUT2D eigenvalue weighted by atomic mass is 32.2. The lowest BCUT2D eigenvalue weighted by molar-refractivity contribution is 0.251. The summed E-state index contributed by atoms with van der Waals surface area (Å²) in [6.07, 6.45) is 0. The molecule has 2 rings (SSSR count). The number of hydrogen-bond acceptors (Lipinski definition) is 4. The fourth-order valence-electron chi connectivity index (χ4n) is 2.11. The molecular weight excluding hydrogens is 336 g/mol. The van der Waals surface area contributed by atoms with Crippen LogP contribution < -0.4 is 16.4 Å². The van der Waals surface area contributed by atoms with Gasteiger partial charge in [0.2, 0.25) is 0 Å². The Bertz CT molecular complexity index is 662. The van der Waals surface area contributed by atoms with E-state index in [-0.39, 0.29) is 11.8 Å². The number of nitrogens with two attached hydrogens (primary N) is 1. The van der Waals surface area contributed by atoms with E-state index in [1.54, 1.807) is 24.3 Å². The lowest BCUT2D eigenvalue weighted by atomic mass is 10.1. The van der Waals surface area contributed by atoms with E-state index < -0.39 is 11.8 Å². The maximum atomic E-state index is 12.1. The van der Waals surface area contributed by atoms with Crippen molar-refractivity contribution in [3.8, 4) is 0 Å². The summed E-state index contributed by atoms with van der Waals surface area (Å²) in [5.74, 6) is -1.02. The van der Waals surface area contributed by atoms with Gasteiger partial charge in [0.05, 0.1) is 12.3 Å². The maximum Gasteiger partial charge on any atom is 0.316 e. The fraction of sp³-hybridized carbons (Fsp3) is 0.312. The third-order valence-corrected chi connectivity index (χ3v) is 4.03. The summed E-state index contributed by atoms with van der Waals surface area (Å²) in [4.78, 5) is 10.8. The molecule has 0 bridgehead atoms. The third-order valence-electron chi connectivity index (χ3n) is 3.33. The number of rotatable bonds is 8. The van der Waals surface area contributed by atoms with E-state index in [1.807, 2.05) is 19.1 Å². The van der Waals surface area contributed by atoms with Gasteiger partial charge >= 0.3 is 6.03 Å². The zero-order valence-corrected chi connectivity index (χ0v) is 13.9. The van der Waals surface area contributed by atoms with Crippen molar-refractivity contribution in [3.05, 3.63) is 53.5 Å². The van der Waals surface area contributed by atoms with Gasteiger partial charge in [-0.05, 0) is 36.8 Å². The second-order valence-electron chi connectivity index (χ2n) is 5.15. The van der Waals surface area contributed by atoms with Gasteiger partial charge in [0, 0.05) is 11.7 Å². The number of urea groups is 1. The number of primary amides is 1. The van der Waals surface area contributed by atoms with Gasteiger partial charge in [0.1, 0.15) is 11.5 Å². The van der Waals surface area contributed by atoms with E-state index in [4.69, 9.17) is 10.2 Å². The third kappa shape index (κ3) is 5.86. The molecular formula is C16H19F2N3O2S. The summed E-state index contributed by atoms with van der Waals surface area (Å²) in [6.45, 7) is 2.48. The number of halogens is 2. The van der Waals surface area contributed by atoms with Gasteiger partial charge in [-0.2, -0.15) is 8.78 Å². The highest BCUT2D eigenvalue weighted by Crippen LogP contribution is 2.22. The minimum atomic E-state index is -2.40. The average Bonchev–Trinajstić information content (AvgIpc) is 2.99. The summed E-state index contributed by atoms with van der Waals surface area (Å²) in [5.41, 5.74) is 6.72. The quantitative estimate of drug-likeness (QED) is 0.667. The first-order valence-electron chi connectivity index (χ1n) is 7.31. The zero-order chi connectivity index (χ0) is 17.5. The minimum Gasteiger partial charge on any atom is -0.464 e. The molecule has 0 aliphatic rings. The van der Waals surface area contributed by atoms with E-state index in [9.17, 15) is 13.6 Å². The van der Waals surface area contributed by atoms with Crippen LogP contribution in [0.15, 0.2) is 40.8 Å².